The van der Waals surface area contributed by atoms with E-state index < -0.39 is 0 Å². The maximum Gasteiger partial charge on any atom is 0.119 e. The molecule has 0 saturated carbocycles. The maximum atomic E-state index is 8.88. The van der Waals surface area contributed by atoms with Gasteiger partial charge in [0.25, 0.3) is 0 Å². The molecule has 3 nitrogen and oxygen atoms in total. The third-order valence-electron chi connectivity index (χ3n) is 2.20. The summed E-state index contributed by atoms with van der Waals surface area (Å²) in [4.78, 5) is 0. The van der Waals surface area contributed by atoms with Gasteiger partial charge in [0.05, 0.1) is 18.1 Å². The molecule has 1 aromatic carbocycles. The summed E-state index contributed by atoms with van der Waals surface area (Å²) in [6.45, 7) is 7.09. The normalized spacial score (nSPS) is 10.6. The van der Waals surface area contributed by atoms with Gasteiger partial charge in [-0.2, -0.15) is 5.26 Å². The molecule has 0 spiro atoms. The monoisotopic (exact) mass is 218 g/mol. The first-order valence-corrected chi connectivity index (χ1v) is 5.45. The predicted molar refractivity (Wildman–Crippen MR) is 65.5 cm³/mol. The number of hydrogen-bond donors (Lipinski definition) is 1. The fourth-order valence-corrected chi connectivity index (χ4v) is 1.20. The van der Waals surface area contributed by atoms with E-state index in [2.05, 4.69) is 11.4 Å². The summed E-state index contributed by atoms with van der Waals surface area (Å²) in [5, 5.41) is 12.1. The van der Waals surface area contributed by atoms with Crippen molar-refractivity contribution < 1.29 is 4.74 Å². The van der Waals surface area contributed by atoms with E-state index >= 15 is 0 Å². The van der Waals surface area contributed by atoms with Crippen LogP contribution >= 0.6 is 0 Å². The lowest BCUT2D eigenvalue weighted by Crippen LogP contribution is -2.20. The van der Waals surface area contributed by atoms with Gasteiger partial charge in [-0.05, 0) is 45.0 Å². The molecule has 1 rings (SSSR count). The van der Waals surface area contributed by atoms with E-state index in [1.807, 2.05) is 45.0 Å². The Labute approximate surface area is 97.0 Å². The molecule has 1 aromatic rings. The maximum absolute atomic E-state index is 8.88. The summed E-state index contributed by atoms with van der Waals surface area (Å²) >= 11 is 0. The number of ether oxygens (including phenoxy) is 1. The average Bonchev–Trinajstić information content (AvgIpc) is 2.29. The number of benzene rings is 1. The van der Waals surface area contributed by atoms with Gasteiger partial charge < -0.3 is 10.1 Å². The minimum Gasteiger partial charge on any atom is -0.494 e. The second kappa shape index (κ2) is 5.41. The smallest absolute Gasteiger partial charge is 0.119 e. The second-order valence-corrected chi connectivity index (χ2v) is 4.31. The fourth-order valence-electron chi connectivity index (χ4n) is 1.20. The summed E-state index contributed by atoms with van der Waals surface area (Å²) in [5.41, 5.74) is 0.658. The molecule has 0 aliphatic carbocycles. The lowest BCUT2D eigenvalue weighted by atomic mass is 9.96. The van der Waals surface area contributed by atoms with Gasteiger partial charge in [0.1, 0.15) is 5.75 Å². The minimum absolute atomic E-state index is 0.349. The third-order valence-corrected chi connectivity index (χ3v) is 2.20. The van der Waals surface area contributed by atoms with E-state index in [4.69, 9.17) is 10.00 Å². The van der Waals surface area contributed by atoms with Gasteiger partial charge in [-0.15, -0.1) is 0 Å². The first kappa shape index (κ1) is 12.4. The predicted octanol–water partition coefficient (Wildman–Crippen LogP) is 3.05. The molecular formula is C13H18N2O. The van der Waals surface area contributed by atoms with Crippen LogP contribution in [0.1, 0.15) is 20.8 Å². The van der Waals surface area contributed by atoms with Crippen LogP contribution in [0.25, 0.3) is 0 Å². The molecule has 0 unspecified atom stereocenters. The standard InChI is InChI=1S/C13H18N2O/c1-4-16-12-7-5-11(6-8-12)15-10-13(2,3)9-14/h5-8,15H,4,10H2,1-3H3. The summed E-state index contributed by atoms with van der Waals surface area (Å²) in [5.74, 6) is 0.868. The molecule has 0 radical (unpaired) electrons. The van der Waals surface area contributed by atoms with E-state index in [0.717, 1.165) is 11.4 Å². The molecule has 1 N–H and O–H groups in total. The Bertz CT molecular complexity index is 363. The molecule has 0 atom stereocenters. The Morgan fingerprint density at radius 3 is 2.44 bits per heavy atom. The van der Waals surface area contributed by atoms with Crippen LogP contribution in [0.5, 0.6) is 5.75 Å². The van der Waals surface area contributed by atoms with Gasteiger partial charge in [-0.3, -0.25) is 0 Å². The van der Waals surface area contributed by atoms with E-state index in [1.165, 1.54) is 0 Å². The van der Waals surface area contributed by atoms with Crippen LogP contribution in [-0.2, 0) is 0 Å². The Morgan fingerprint density at radius 2 is 1.94 bits per heavy atom. The molecule has 86 valence electrons. The van der Waals surface area contributed by atoms with Crippen LogP contribution in [0.15, 0.2) is 24.3 Å². The zero-order valence-electron chi connectivity index (χ0n) is 10.1. The van der Waals surface area contributed by atoms with Crippen LogP contribution in [0.4, 0.5) is 5.69 Å². The number of anilines is 1. The Morgan fingerprint density at radius 1 is 1.31 bits per heavy atom. The van der Waals surface area contributed by atoms with E-state index in [-0.39, 0.29) is 5.41 Å². The van der Waals surface area contributed by atoms with Gasteiger partial charge >= 0.3 is 0 Å². The third kappa shape index (κ3) is 3.82. The van der Waals surface area contributed by atoms with Gasteiger partial charge in [0, 0.05) is 12.2 Å². The molecule has 0 bridgehead atoms. The number of nitrogens with one attached hydrogen (secondary N) is 1. The summed E-state index contributed by atoms with van der Waals surface area (Å²) in [6.07, 6.45) is 0. The first-order chi connectivity index (χ1) is 7.57. The zero-order valence-corrected chi connectivity index (χ0v) is 10.1. The summed E-state index contributed by atoms with van der Waals surface area (Å²) in [7, 11) is 0. The Kier molecular flexibility index (Phi) is 4.19. The van der Waals surface area contributed by atoms with Crippen LogP contribution < -0.4 is 10.1 Å². The van der Waals surface area contributed by atoms with Crippen molar-refractivity contribution in [2.75, 3.05) is 18.5 Å². The number of nitriles is 1. The Hall–Kier alpha value is -1.69. The topological polar surface area (TPSA) is 45.0 Å². The van der Waals surface area contributed by atoms with Crippen LogP contribution in [0.3, 0.4) is 0 Å². The molecule has 0 aliphatic heterocycles. The van der Waals surface area contributed by atoms with Gasteiger partial charge in [-0.1, -0.05) is 0 Å². The fraction of sp³-hybridized carbons (Fsp3) is 0.462. The van der Waals surface area contributed by atoms with Gasteiger partial charge in [0.15, 0.2) is 0 Å². The van der Waals surface area contributed by atoms with Crippen molar-refractivity contribution in [3.63, 3.8) is 0 Å². The second-order valence-electron chi connectivity index (χ2n) is 4.31. The van der Waals surface area contributed by atoms with E-state index in [1.54, 1.807) is 0 Å². The minimum atomic E-state index is -0.349. The molecule has 3 heteroatoms. The quantitative estimate of drug-likeness (QED) is 0.826. The molecular weight excluding hydrogens is 200 g/mol. The largest absolute Gasteiger partial charge is 0.494 e. The lowest BCUT2D eigenvalue weighted by molar-refractivity contribution is 0.340. The number of hydrogen-bond acceptors (Lipinski definition) is 3. The van der Waals surface area contributed by atoms with Crippen molar-refractivity contribution in [1.82, 2.24) is 0 Å². The average molecular weight is 218 g/mol. The van der Waals surface area contributed by atoms with Crippen molar-refractivity contribution in [2.24, 2.45) is 5.41 Å². The Balaban J connectivity index is 2.53. The molecule has 0 aliphatic rings. The van der Waals surface area contributed by atoms with E-state index in [9.17, 15) is 0 Å². The zero-order chi connectivity index (χ0) is 12.0. The first-order valence-electron chi connectivity index (χ1n) is 5.45. The summed E-state index contributed by atoms with van der Waals surface area (Å²) in [6, 6.07) is 10.0. The molecule has 0 aromatic heterocycles. The number of nitrogens with zero attached hydrogens (tertiary/aromatic N) is 1. The van der Waals surface area contributed by atoms with Crippen LogP contribution in [-0.4, -0.2) is 13.2 Å². The highest BCUT2D eigenvalue weighted by Gasteiger charge is 2.15. The molecule has 0 amide bonds. The van der Waals surface area contributed by atoms with Crippen molar-refractivity contribution in [1.29, 1.82) is 5.26 Å². The number of rotatable bonds is 5. The van der Waals surface area contributed by atoms with Gasteiger partial charge in [0.2, 0.25) is 0 Å². The molecule has 0 saturated heterocycles. The highest BCUT2D eigenvalue weighted by molar-refractivity contribution is 5.46. The van der Waals surface area contributed by atoms with Crippen LogP contribution in [0, 0.1) is 16.7 Å². The van der Waals surface area contributed by atoms with Crippen molar-refractivity contribution in [3.05, 3.63) is 24.3 Å². The molecule has 0 fully saturated rings. The summed E-state index contributed by atoms with van der Waals surface area (Å²) < 4.78 is 5.35. The lowest BCUT2D eigenvalue weighted by Gasteiger charge is -2.16. The highest BCUT2D eigenvalue weighted by Crippen LogP contribution is 2.18. The van der Waals surface area contributed by atoms with Crippen molar-refractivity contribution >= 4 is 5.69 Å². The van der Waals surface area contributed by atoms with E-state index in [0.29, 0.717) is 13.2 Å². The van der Waals surface area contributed by atoms with Crippen molar-refractivity contribution in [2.45, 2.75) is 20.8 Å². The SMILES string of the molecule is CCOc1ccc(NCC(C)(C)C#N)cc1. The van der Waals surface area contributed by atoms with Crippen LogP contribution in [0.2, 0.25) is 0 Å². The van der Waals surface area contributed by atoms with Gasteiger partial charge in [-0.25, -0.2) is 0 Å². The molecule has 0 heterocycles. The molecule has 16 heavy (non-hydrogen) atoms. The van der Waals surface area contributed by atoms with Crippen molar-refractivity contribution in [3.8, 4) is 11.8 Å². The highest BCUT2D eigenvalue weighted by atomic mass is 16.5.